The normalized spacial score (nSPS) is 13.9. The summed E-state index contributed by atoms with van der Waals surface area (Å²) in [6.07, 6.45) is 5.33. The van der Waals surface area contributed by atoms with Crippen molar-refractivity contribution in [1.29, 1.82) is 0 Å². The number of hydrogen-bond donors (Lipinski definition) is 2. The van der Waals surface area contributed by atoms with Gasteiger partial charge in [0.05, 0.1) is 16.8 Å². The molecule has 0 unspecified atom stereocenters. The van der Waals surface area contributed by atoms with Crippen LogP contribution in [0.5, 0.6) is 5.75 Å². The number of para-hydroxylation sites is 1. The lowest BCUT2D eigenvalue weighted by Crippen LogP contribution is -2.14. The number of hydrogen-bond acceptors (Lipinski definition) is 5. The van der Waals surface area contributed by atoms with Gasteiger partial charge in [0.1, 0.15) is 18.1 Å². The Morgan fingerprint density at radius 1 is 1.06 bits per heavy atom. The van der Waals surface area contributed by atoms with E-state index < -0.39 is 0 Å². The number of rotatable bonds is 8. The van der Waals surface area contributed by atoms with Crippen molar-refractivity contribution in [2.24, 2.45) is 5.92 Å². The molecule has 0 atom stereocenters. The monoisotopic (exact) mass is 419 g/mol. The molecule has 162 valence electrons. The van der Waals surface area contributed by atoms with E-state index in [9.17, 15) is 4.79 Å². The van der Waals surface area contributed by atoms with Crippen LogP contribution in [0.4, 0.5) is 11.4 Å². The quantitative estimate of drug-likeness (QED) is 0.488. The number of ether oxygens (including phenoxy) is 1. The van der Waals surface area contributed by atoms with Crippen molar-refractivity contribution in [3.63, 3.8) is 0 Å². The van der Waals surface area contributed by atoms with E-state index in [4.69, 9.17) is 9.26 Å². The predicted molar refractivity (Wildman–Crippen MR) is 122 cm³/mol. The second-order valence-electron chi connectivity index (χ2n) is 8.15. The molecule has 1 heterocycles. The summed E-state index contributed by atoms with van der Waals surface area (Å²) >= 11 is 0. The van der Waals surface area contributed by atoms with E-state index >= 15 is 0 Å². The van der Waals surface area contributed by atoms with Crippen LogP contribution < -0.4 is 15.4 Å². The van der Waals surface area contributed by atoms with Gasteiger partial charge in [-0.15, -0.1) is 0 Å². The van der Waals surface area contributed by atoms with Crippen molar-refractivity contribution in [3.05, 3.63) is 71.1 Å². The van der Waals surface area contributed by atoms with E-state index in [0.717, 1.165) is 40.9 Å². The molecule has 2 N–H and O–H groups in total. The third-order valence-corrected chi connectivity index (χ3v) is 5.90. The molecule has 6 nitrogen and oxygen atoms in total. The lowest BCUT2D eigenvalue weighted by Gasteiger charge is -2.13. The van der Waals surface area contributed by atoms with Gasteiger partial charge in [0.15, 0.2) is 0 Å². The minimum atomic E-state index is -0.207. The lowest BCUT2D eigenvalue weighted by atomic mass is 10.1. The molecule has 1 aromatic heterocycles. The zero-order chi connectivity index (χ0) is 21.6. The second kappa shape index (κ2) is 9.69. The highest BCUT2D eigenvalue weighted by Crippen LogP contribution is 2.26. The molecule has 3 aromatic rings. The van der Waals surface area contributed by atoms with Gasteiger partial charge in [-0.3, -0.25) is 4.79 Å². The first-order valence-electron chi connectivity index (χ1n) is 10.9. The van der Waals surface area contributed by atoms with Gasteiger partial charge in [-0.25, -0.2) is 0 Å². The van der Waals surface area contributed by atoms with Gasteiger partial charge in [-0.05, 0) is 69.0 Å². The maximum absolute atomic E-state index is 12.9. The van der Waals surface area contributed by atoms with Gasteiger partial charge in [0.2, 0.25) is 0 Å². The van der Waals surface area contributed by atoms with Crippen LogP contribution in [0.1, 0.15) is 53.1 Å². The average molecular weight is 420 g/mol. The van der Waals surface area contributed by atoms with Crippen LogP contribution >= 0.6 is 0 Å². The number of aromatic nitrogens is 1. The number of carbonyl (C=O) groups excluding carboxylic acids is 1. The maximum Gasteiger partial charge on any atom is 0.259 e. The molecule has 1 aliphatic carbocycles. The molecular formula is C25H29N3O3. The first kappa shape index (κ1) is 21.0. The van der Waals surface area contributed by atoms with Crippen LogP contribution in [-0.4, -0.2) is 17.6 Å². The first-order valence-corrected chi connectivity index (χ1v) is 10.9. The zero-order valence-electron chi connectivity index (χ0n) is 18.1. The third-order valence-electron chi connectivity index (χ3n) is 5.90. The molecule has 2 aromatic carbocycles. The van der Waals surface area contributed by atoms with Crippen LogP contribution in [0.15, 0.2) is 53.1 Å². The Balaban J connectivity index is 1.37. The Hall–Kier alpha value is -3.28. The molecular weight excluding hydrogens is 390 g/mol. The number of aryl methyl sites for hydroxylation is 2. The number of benzene rings is 2. The maximum atomic E-state index is 12.9. The van der Waals surface area contributed by atoms with Gasteiger partial charge in [0, 0.05) is 17.9 Å². The lowest BCUT2D eigenvalue weighted by molar-refractivity contribution is 0.102. The van der Waals surface area contributed by atoms with Crippen molar-refractivity contribution >= 4 is 17.3 Å². The summed E-state index contributed by atoms with van der Waals surface area (Å²) in [5.74, 6) is 1.82. The summed E-state index contributed by atoms with van der Waals surface area (Å²) in [4.78, 5) is 12.9. The smallest absolute Gasteiger partial charge is 0.259 e. The fourth-order valence-electron chi connectivity index (χ4n) is 3.98. The summed E-state index contributed by atoms with van der Waals surface area (Å²) < 4.78 is 11.1. The summed E-state index contributed by atoms with van der Waals surface area (Å²) in [7, 11) is 0. The largest absolute Gasteiger partial charge is 0.488 e. The number of anilines is 2. The SMILES string of the molecule is Cc1noc(C)c1COc1ccccc1C(=O)Nc1ccc(NCC2CCCC2)cc1. The zero-order valence-corrected chi connectivity index (χ0v) is 18.1. The Bertz CT molecular complexity index is 1000. The molecule has 0 saturated heterocycles. The van der Waals surface area contributed by atoms with Gasteiger partial charge >= 0.3 is 0 Å². The summed E-state index contributed by atoms with van der Waals surface area (Å²) in [6.45, 7) is 5.04. The van der Waals surface area contributed by atoms with Crippen molar-refractivity contribution in [2.45, 2.75) is 46.1 Å². The fourth-order valence-corrected chi connectivity index (χ4v) is 3.98. The summed E-state index contributed by atoms with van der Waals surface area (Å²) in [5.41, 5.74) is 4.00. The number of amides is 1. The number of nitrogens with one attached hydrogen (secondary N) is 2. The Kier molecular flexibility index (Phi) is 6.55. The molecule has 1 fully saturated rings. The van der Waals surface area contributed by atoms with Crippen LogP contribution in [0.2, 0.25) is 0 Å². The predicted octanol–water partition coefficient (Wildman–Crippen LogP) is 5.72. The van der Waals surface area contributed by atoms with Crippen molar-refractivity contribution in [3.8, 4) is 5.75 Å². The van der Waals surface area contributed by atoms with Crippen molar-refractivity contribution in [1.82, 2.24) is 5.16 Å². The second-order valence-corrected chi connectivity index (χ2v) is 8.15. The minimum absolute atomic E-state index is 0.207. The van der Waals surface area contributed by atoms with Crippen LogP contribution in [-0.2, 0) is 6.61 Å². The average Bonchev–Trinajstić information content (AvgIpc) is 3.42. The molecule has 0 aliphatic heterocycles. The highest BCUT2D eigenvalue weighted by Gasteiger charge is 2.16. The molecule has 1 aliphatic rings. The standard InChI is InChI=1S/C25H29N3O3/c1-17-23(18(2)31-28-17)16-30-24-10-6-5-9-22(24)25(29)27-21-13-11-20(12-14-21)26-15-19-7-3-4-8-19/h5-6,9-14,19,26H,3-4,7-8,15-16H2,1-2H3,(H,27,29). The van der Waals surface area contributed by atoms with Crippen LogP contribution in [0, 0.1) is 19.8 Å². The molecule has 6 heteroatoms. The van der Waals surface area contributed by atoms with Crippen LogP contribution in [0.3, 0.4) is 0 Å². The number of carbonyl (C=O) groups is 1. The highest BCUT2D eigenvalue weighted by molar-refractivity contribution is 6.06. The molecule has 0 bridgehead atoms. The van der Waals surface area contributed by atoms with E-state index in [2.05, 4.69) is 15.8 Å². The Morgan fingerprint density at radius 2 is 1.77 bits per heavy atom. The molecule has 1 amide bonds. The van der Waals surface area contributed by atoms with E-state index in [-0.39, 0.29) is 5.91 Å². The molecule has 0 spiro atoms. The van der Waals surface area contributed by atoms with Crippen LogP contribution in [0.25, 0.3) is 0 Å². The first-order chi connectivity index (χ1) is 15.1. The minimum Gasteiger partial charge on any atom is -0.488 e. The van der Waals surface area contributed by atoms with E-state index in [1.165, 1.54) is 25.7 Å². The topological polar surface area (TPSA) is 76.4 Å². The van der Waals surface area contributed by atoms with E-state index in [1.807, 2.05) is 50.2 Å². The van der Waals surface area contributed by atoms with Gasteiger partial charge < -0.3 is 19.9 Å². The van der Waals surface area contributed by atoms with Gasteiger partial charge in [-0.2, -0.15) is 0 Å². The van der Waals surface area contributed by atoms with E-state index in [0.29, 0.717) is 17.9 Å². The van der Waals surface area contributed by atoms with Gasteiger partial charge in [0.25, 0.3) is 5.91 Å². The fraction of sp³-hybridized carbons (Fsp3) is 0.360. The van der Waals surface area contributed by atoms with E-state index in [1.54, 1.807) is 12.1 Å². The highest BCUT2D eigenvalue weighted by atomic mass is 16.5. The third kappa shape index (κ3) is 5.26. The summed E-state index contributed by atoms with van der Waals surface area (Å²) in [6, 6.07) is 15.1. The molecule has 0 radical (unpaired) electrons. The van der Waals surface area contributed by atoms with Crippen molar-refractivity contribution < 1.29 is 14.1 Å². The Labute approximate surface area is 183 Å². The number of nitrogens with zero attached hydrogens (tertiary/aromatic N) is 1. The van der Waals surface area contributed by atoms with Gasteiger partial charge in [-0.1, -0.05) is 30.1 Å². The summed E-state index contributed by atoms with van der Waals surface area (Å²) in [5, 5.41) is 10.4. The molecule has 4 rings (SSSR count). The Morgan fingerprint density at radius 3 is 2.48 bits per heavy atom. The van der Waals surface area contributed by atoms with Crippen molar-refractivity contribution in [2.75, 3.05) is 17.2 Å². The molecule has 1 saturated carbocycles. The molecule has 31 heavy (non-hydrogen) atoms.